The van der Waals surface area contributed by atoms with Crippen molar-refractivity contribution in [3.8, 4) is 0 Å². The van der Waals surface area contributed by atoms with E-state index in [1.54, 1.807) is 31.1 Å². The fourth-order valence-corrected chi connectivity index (χ4v) is 3.57. The molecule has 1 unspecified atom stereocenters. The number of carbonyl (C=O) groups is 3. The summed E-state index contributed by atoms with van der Waals surface area (Å²) in [6.45, 7) is 6.48. The first-order chi connectivity index (χ1) is 15.4. The van der Waals surface area contributed by atoms with E-state index in [2.05, 4.69) is 19.2 Å². The van der Waals surface area contributed by atoms with E-state index in [-0.39, 0.29) is 134 Å². The molecule has 2 amide bonds. The standard InChI is InChI=1S/C13H23N2O2.C7H7ClO.C5H11NO.CH3.Cs.Y/c1-13(2)5-3-10(4-6-13)9-11(14)12(17)15-7-8-16;8-7-3-1-2-6(4-7)5-9;1-4-5(7)6(2)3;;;/h8,10-11,14H,3-7,9H2,1-2H3,(H,15,17);1-4,9H,5H2;4H2,1-3H3;1H3;;/q-1;;;-1;+1;. The third-order valence-electron chi connectivity index (χ3n) is 5.58. The SMILES string of the molecule is CC1(C)CCC(CC([NH-])C(=O)NCC=O)CC1.CCC(=O)N(C)C.OCc1cccc(Cl)c1.[CH3-].[Cs+].[Y]. The zero-order chi connectivity index (χ0) is 25.4. The minimum Gasteiger partial charge on any atom is -0.667 e. The minimum absolute atomic E-state index is 0. The molecule has 0 aromatic heterocycles. The van der Waals surface area contributed by atoms with E-state index in [1.165, 1.54) is 12.8 Å². The van der Waals surface area contributed by atoms with Gasteiger partial charge < -0.3 is 33.3 Å². The van der Waals surface area contributed by atoms with Crippen LogP contribution in [0.15, 0.2) is 24.3 Å². The molecular weight excluding hydrogens is 676 g/mol. The van der Waals surface area contributed by atoms with E-state index < -0.39 is 6.04 Å². The molecule has 1 aromatic carbocycles. The van der Waals surface area contributed by atoms with Crippen LogP contribution in [-0.4, -0.2) is 54.8 Å². The Morgan fingerprint density at radius 3 is 2.19 bits per heavy atom. The van der Waals surface area contributed by atoms with Crippen LogP contribution in [0.4, 0.5) is 0 Å². The van der Waals surface area contributed by atoms with Crippen molar-refractivity contribution in [2.24, 2.45) is 11.3 Å². The summed E-state index contributed by atoms with van der Waals surface area (Å²) in [5.41, 5.74) is 9.04. The Bertz CT molecular complexity index is 729. The van der Waals surface area contributed by atoms with Crippen molar-refractivity contribution in [3.05, 3.63) is 48.0 Å². The van der Waals surface area contributed by atoms with Crippen LogP contribution in [0.3, 0.4) is 0 Å². The van der Waals surface area contributed by atoms with Gasteiger partial charge in [-0.3, -0.25) is 9.59 Å². The quantitative estimate of drug-likeness (QED) is 0.333. The topological polar surface area (TPSA) is 111 Å². The van der Waals surface area contributed by atoms with Gasteiger partial charge in [-0.2, -0.15) is 0 Å². The van der Waals surface area contributed by atoms with E-state index in [1.807, 2.05) is 19.1 Å². The number of halogens is 1. The molecule has 1 radical (unpaired) electrons. The van der Waals surface area contributed by atoms with Gasteiger partial charge in [-0.15, -0.1) is 0 Å². The number of nitrogens with zero attached hydrogens (tertiary/aromatic N) is 1. The molecule has 1 fully saturated rings. The van der Waals surface area contributed by atoms with Crippen LogP contribution < -0.4 is 74.2 Å². The number of nitrogens with one attached hydrogen (secondary N) is 2. The molecule has 3 N–H and O–H groups in total. The molecule has 1 aromatic rings. The molecule has 0 heterocycles. The molecule has 1 aliphatic carbocycles. The Kier molecular flexibility index (Phi) is 30.9. The Morgan fingerprint density at radius 1 is 1.28 bits per heavy atom. The average Bonchev–Trinajstić information content (AvgIpc) is 2.78. The predicted molar refractivity (Wildman–Crippen MR) is 140 cm³/mol. The maximum Gasteiger partial charge on any atom is 1.00 e. The van der Waals surface area contributed by atoms with Crippen LogP contribution in [0.5, 0.6) is 0 Å². The Balaban J connectivity index is -0.000000230. The van der Waals surface area contributed by atoms with Crippen LogP contribution in [0.25, 0.3) is 5.73 Å². The summed E-state index contributed by atoms with van der Waals surface area (Å²) >= 11 is 5.61. The number of hydrogen-bond donors (Lipinski definition) is 2. The van der Waals surface area contributed by atoms with Crippen molar-refractivity contribution < 1.29 is 121 Å². The maximum atomic E-state index is 11.4. The summed E-state index contributed by atoms with van der Waals surface area (Å²) in [6.07, 6.45) is 6.47. The van der Waals surface area contributed by atoms with E-state index in [9.17, 15) is 14.4 Å². The van der Waals surface area contributed by atoms with Gasteiger partial charge in [0.1, 0.15) is 6.29 Å². The van der Waals surface area contributed by atoms with Gasteiger partial charge in [-0.05, 0) is 54.7 Å². The summed E-state index contributed by atoms with van der Waals surface area (Å²) in [6, 6.07) is 6.43. The van der Waals surface area contributed by atoms with Gasteiger partial charge in [-0.1, -0.05) is 57.0 Å². The monoisotopic (exact) mass is 719 g/mol. The molecule has 0 saturated heterocycles. The molecule has 10 heteroatoms. The summed E-state index contributed by atoms with van der Waals surface area (Å²) in [4.78, 5) is 33.6. The van der Waals surface area contributed by atoms with Crippen molar-refractivity contribution in [3.63, 3.8) is 0 Å². The summed E-state index contributed by atoms with van der Waals surface area (Å²) in [5.74, 6) is 0.356. The van der Waals surface area contributed by atoms with E-state index in [0.29, 0.717) is 35.5 Å². The molecule has 199 valence electrons. The third kappa shape index (κ3) is 22.1. The molecule has 7 nitrogen and oxygen atoms in total. The zero-order valence-corrected chi connectivity index (χ0v) is 33.1. The van der Waals surface area contributed by atoms with Gasteiger partial charge in [0.25, 0.3) is 0 Å². The number of aldehydes is 1. The van der Waals surface area contributed by atoms with E-state index in [4.69, 9.17) is 22.4 Å². The first kappa shape index (κ1) is 44.2. The molecule has 1 aliphatic rings. The van der Waals surface area contributed by atoms with Gasteiger partial charge in [0.15, 0.2) is 0 Å². The number of carbonyl (C=O) groups excluding carboxylic acids is 3. The molecule has 2 rings (SSSR count). The number of aliphatic hydroxyl groups is 1. The van der Waals surface area contributed by atoms with Crippen LogP contribution in [0.1, 0.15) is 64.9 Å². The predicted octanol–water partition coefficient (Wildman–Crippen LogP) is 2.10. The second-order valence-electron chi connectivity index (χ2n) is 9.24. The second kappa shape index (κ2) is 25.2. The smallest absolute Gasteiger partial charge is 0.667 e. The average molecular weight is 720 g/mol. The maximum absolute atomic E-state index is 11.4. The minimum atomic E-state index is -0.721. The molecule has 36 heavy (non-hydrogen) atoms. The van der Waals surface area contributed by atoms with Crippen LogP contribution >= 0.6 is 11.6 Å². The van der Waals surface area contributed by atoms with Crippen LogP contribution in [0, 0.1) is 18.8 Å². The molecule has 0 aliphatic heterocycles. The summed E-state index contributed by atoms with van der Waals surface area (Å²) < 4.78 is 0. The van der Waals surface area contributed by atoms with E-state index >= 15 is 0 Å². The summed E-state index contributed by atoms with van der Waals surface area (Å²) in [5, 5.41) is 11.7. The normalized spacial score (nSPS) is 14.3. The number of rotatable bonds is 7. The van der Waals surface area contributed by atoms with Gasteiger partial charge in [0, 0.05) is 58.2 Å². The second-order valence-corrected chi connectivity index (χ2v) is 9.67. The first-order valence-corrected chi connectivity index (χ1v) is 11.8. The zero-order valence-electron chi connectivity index (χ0n) is 23.3. The van der Waals surface area contributed by atoms with Crippen molar-refractivity contribution >= 4 is 29.7 Å². The van der Waals surface area contributed by atoms with Crippen molar-refractivity contribution in [2.45, 2.75) is 71.9 Å². The first-order valence-electron chi connectivity index (χ1n) is 11.4. The Hall–Kier alpha value is 1.20. The fourth-order valence-electron chi connectivity index (χ4n) is 3.35. The fraction of sp³-hybridized carbons (Fsp3) is 0.615. The number of amides is 2. The number of hydrogen-bond acceptors (Lipinski definition) is 4. The largest absolute Gasteiger partial charge is 1.00 e. The molecule has 0 bridgehead atoms. The Labute approximate surface area is 308 Å². The van der Waals surface area contributed by atoms with Crippen molar-refractivity contribution in [2.75, 3.05) is 20.6 Å². The van der Waals surface area contributed by atoms with Gasteiger partial charge in [-0.25, -0.2) is 0 Å². The molecular formula is C26H44ClCsN3O4Y-. The number of aliphatic hydroxyl groups excluding tert-OH is 1. The van der Waals surface area contributed by atoms with Crippen LogP contribution in [-0.2, 0) is 53.7 Å². The number of benzene rings is 1. The van der Waals surface area contributed by atoms with Gasteiger partial charge in [0.2, 0.25) is 11.8 Å². The Morgan fingerprint density at radius 2 is 1.83 bits per heavy atom. The third-order valence-corrected chi connectivity index (χ3v) is 5.81. The van der Waals surface area contributed by atoms with E-state index in [0.717, 1.165) is 18.4 Å². The van der Waals surface area contributed by atoms with Crippen molar-refractivity contribution in [1.82, 2.24) is 10.2 Å². The molecule has 0 spiro atoms. The van der Waals surface area contributed by atoms with Crippen molar-refractivity contribution in [1.29, 1.82) is 0 Å². The summed E-state index contributed by atoms with van der Waals surface area (Å²) in [7, 11) is 3.51. The van der Waals surface area contributed by atoms with Gasteiger partial charge in [0.05, 0.1) is 13.2 Å². The molecule has 1 atom stereocenters. The van der Waals surface area contributed by atoms with Gasteiger partial charge >= 0.3 is 68.9 Å². The molecule has 1 saturated carbocycles. The van der Waals surface area contributed by atoms with Crippen LogP contribution in [0.2, 0.25) is 5.02 Å².